The molecule has 5 heteroatoms. The summed E-state index contributed by atoms with van der Waals surface area (Å²) in [5, 5.41) is 12.6. The molecule has 1 saturated heterocycles. The number of hydrogen-bond acceptors (Lipinski definition) is 3. The molecule has 2 amide bonds. The molecule has 0 aromatic carbocycles. The van der Waals surface area contributed by atoms with Crippen molar-refractivity contribution in [1.82, 2.24) is 15.1 Å². The van der Waals surface area contributed by atoms with Crippen LogP contribution in [0.15, 0.2) is 0 Å². The van der Waals surface area contributed by atoms with E-state index in [1.807, 2.05) is 13.8 Å². The average molecular weight is 313 g/mol. The molecule has 0 bridgehead atoms. The molecule has 1 aliphatic heterocycles. The number of urea groups is 1. The first-order valence-electron chi connectivity index (χ1n) is 8.66. The van der Waals surface area contributed by atoms with E-state index in [4.69, 9.17) is 0 Å². The molecule has 4 unspecified atom stereocenters. The van der Waals surface area contributed by atoms with Crippen molar-refractivity contribution in [2.75, 3.05) is 26.2 Å². The molecule has 1 fully saturated rings. The van der Waals surface area contributed by atoms with Crippen LogP contribution in [0, 0.1) is 11.8 Å². The van der Waals surface area contributed by atoms with Gasteiger partial charge < -0.3 is 20.2 Å². The number of nitrogens with zero attached hydrogens (tertiary/aromatic N) is 2. The number of rotatable bonds is 6. The summed E-state index contributed by atoms with van der Waals surface area (Å²) >= 11 is 0. The average Bonchev–Trinajstić information content (AvgIpc) is 2.33. The molecule has 0 spiro atoms. The number of piperidine rings is 1. The predicted octanol–water partition coefficient (Wildman–Crippen LogP) is 2.15. The van der Waals surface area contributed by atoms with Gasteiger partial charge in [0, 0.05) is 38.3 Å². The highest BCUT2D eigenvalue weighted by molar-refractivity contribution is 5.74. The zero-order valence-electron chi connectivity index (χ0n) is 15.2. The topological polar surface area (TPSA) is 55.8 Å². The number of carbonyl (C=O) groups excluding carboxylic acids is 1. The number of nitrogens with one attached hydrogen (secondary N) is 1. The molecule has 22 heavy (non-hydrogen) atoms. The van der Waals surface area contributed by atoms with Gasteiger partial charge in [0.15, 0.2) is 0 Å². The first-order valence-corrected chi connectivity index (χ1v) is 8.66. The van der Waals surface area contributed by atoms with Crippen LogP contribution in [0.4, 0.5) is 4.79 Å². The minimum Gasteiger partial charge on any atom is -0.392 e. The first kappa shape index (κ1) is 19.2. The van der Waals surface area contributed by atoms with Gasteiger partial charge in [-0.15, -0.1) is 0 Å². The van der Waals surface area contributed by atoms with Crippen molar-refractivity contribution >= 4 is 6.03 Å². The second-order valence-electron chi connectivity index (χ2n) is 7.61. The van der Waals surface area contributed by atoms with Crippen LogP contribution in [-0.4, -0.2) is 65.3 Å². The minimum atomic E-state index is -0.507. The summed E-state index contributed by atoms with van der Waals surface area (Å²) in [6.07, 6.45) is 0.791. The lowest BCUT2D eigenvalue weighted by Gasteiger charge is -2.37. The fourth-order valence-corrected chi connectivity index (χ4v) is 3.48. The lowest BCUT2D eigenvalue weighted by Crippen LogP contribution is -2.52. The van der Waals surface area contributed by atoms with E-state index in [-0.39, 0.29) is 18.1 Å². The van der Waals surface area contributed by atoms with Crippen molar-refractivity contribution in [1.29, 1.82) is 0 Å². The van der Waals surface area contributed by atoms with E-state index in [9.17, 15) is 9.90 Å². The molecular weight excluding hydrogens is 278 g/mol. The number of hydrogen-bond donors (Lipinski definition) is 2. The third-order valence-electron chi connectivity index (χ3n) is 4.19. The van der Waals surface area contributed by atoms with Crippen LogP contribution in [0.3, 0.4) is 0 Å². The number of aliphatic hydroxyl groups is 1. The molecule has 1 rings (SSSR count). The van der Waals surface area contributed by atoms with E-state index >= 15 is 0 Å². The second kappa shape index (κ2) is 8.73. The van der Waals surface area contributed by atoms with Crippen LogP contribution in [0.25, 0.3) is 0 Å². The van der Waals surface area contributed by atoms with Crippen LogP contribution >= 0.6 is 0 Å². The summed E-state index contributed by atoms with van der Waals surface area (Å²) in [6.45, 7) is 15.8. The van der Waals surface area contributed by atoms with Crippen molar-refractivity contribution in [3.8, 4) is 0 Å². The lowest BCUT2D eigenvalue weighted by molar-refractivity contribution is 0.110. The second-order valence-corrected chi connectivity index (χ2v) is 7.61. The molecule has 0 radical (unpaired) electrons. The number of carbonyl (C=O) groups is 1. The molecule has 2 N–H and O–H groups in total. The van der Waals surface area contributed by atoms with E-state index < -0.39 is 6.10 Å². The SMILES string of the molecule is CC(O)CN(C(=O)NC(C)CN1CC(C)CC(C)C1)C(C)C. The van der Waals surface area contributed by atoms with Crippen LogP contribution in [0.2, 0.25) is 0 Å². The Balaban J connectivity index is 2.48. The highest BCUT2D eigenvalue weighted by atomic mass is 16.3. The number of amides is 2. The van der Waals surface area contributed by atoms with Crippen molar-refractivity contribution in [2.24, 2.45) is 11.8 Å². The maximum absolute atomic E-state index is 12.4. The third kappa shape index (κ3) is 6.53. The summed E-state index contributed by atoms with van der Waals surface area (Å²) < 4.78 is 0. The lowest BCUT2D eigenvalue weighted by atomic mass is 9.92. The van der Waals surface area contributed by atoms with Gasteiger partial charge >= 0.3 is 6.03 Å². The molecule has 130 valence electrons. The van der Waals surface area contributed by atoms with Gasteiger partial charge in [-0.2, -0.15) is 0 Å². The summed E-state index contributed by atoms with van der Waals surface area (Å²) in [5.41, 5.74) is 0. The normalized spacial score (nSPS) is 25.8. The zero-order valence-corrected chi connectivity index (χ0v) is 15.2. The molecule has 5 nitrogen and oxygen atoms in total. The van der Waals surface area contributed by atoms with E-state index in [0.717, 1.165) is 31.5 Å². The van der Waals surface area contributed by atoms with E-state index in [2.05, 4.69) is 31.0 Å². The Bertz CT molecular complexity index is 337. The van der Waals surface area contributed by atoms with Gasteiger partial charge in [0.1, 0.15) is 0 Å². The van der Waals surface area contributed by atoms with Gasteiger partial charge in [-0.1, -0.05) is 13.8 Å². The predicted molar refractivity (Wildman–Crippen MR) is 90.9 cm³/mol. The van der Waals surface area contributed by atoms with Crippen LogP contribution in [-0.2, 0) is 0 Å². The van der Waals surface area contributed by atoms with Gasteiger partial charge in [-0.05, 0) is 46.0 Å². The van der Waals surface area contributed by atoms with Gasteiger partial charge in [0.2, 0.25) is 0 Å². The zero-order chi connectivity index (χ0) is 16.9. The summed E-state index contributed by atoms with van der Waals surface area (Å²) in [6, 6.07) is 0.110. The summed E-state index contributed by atoms with van der Waals surface area (Å²) in [4.78, 5) is 16.5. The Hall–Kier alpha value is -0.810. The summed E-state index contributed by atoms with van der Waals surface area (Å²) in [5.74, 6) is 1.46. The third-order valence-corrected chi connectivity index (χ3v) is 4.19. The van der Waals surface area contributed by atoms with Crippen LogP contribution < -0.4 is 5.32 Å². The molecule has 0 aromatic heterocycles. The Labute approximate surface area is 136 Å². The van der Waals surface area contributed by atoms with Crippen molar-refractivity contribution in [3.63, 3.8) is 0 Å². The molecule has 4 atom stereocenters. The molecule has 1 aliphatic rings. The van der Waals surface area contributed by atoms with Crippen molar-refractivity contribution < 1.29 is 9.90 Å². The molecule has 0 aliphatic carbocycles. The fraction of sp³-hybridized carbons (Fsp3) is 0.941. The van der Waals surface area contributed by atoms with Gasteiger partial charge in [-0.3, -0.25) is 0 Å². The van der Waals surface area contributed by atoms with Gasteiger partial charge in [0.05, 0.1) is 6.10 Å². The first-order chi connectivity index (χ1) is 10.2. The quantitative estimate of drug-likeness (QED) is 0.790. The highest BCUT2D eigenvalue weighted by Crippen LogP contribution is 2.20. The van der Waals surface area contributed by atoms with E-state index in [0.29, 0.717) is 6.54 Å². The van der Waals surface area contributed by atoms with Crippen LogP contribution in [0.1, 0.15) is 48.0 Å². The Morgan fingerprint density at radius 2 is 1.77 bits per heavy atom. The largest absolute Gasteiger partial charge is 0.392 e. The fourth-order valence-electron chi connectivity index (χ4n) is 3.48. The Morgan fingerprint density at radius 3 is 2.23 bits per heavy atom. The Morgan fingerprint density at radius 1 is 1.23 bits per heavy atom. The standard InChI is InChI=1S/C17H35N3O2/c1-12(2)20(11-16(6)21)17(22)18-15(5)10-19-8-13(3)7-14(4)9-19/h12-16,21H,7-11H2,1-6H3,(H,18,22). The molecule has 0 saturated carbocycles. The number of aliphatic hydroxyl groups excluding tert-OH is 1. The number of likely N-dealkylation sites (tertiary alicyclic amines) is 1. The smallest absolute Gasteiger partial charge is 0.317 e. The molecule has 0 aromatic rings. The van der Waals surface area contributed by atoms with Crippen molar-refractivity contribution in [2.45, 2.75) is 66.2 Å². The minimum absolute atomic E-state index is 0.0804. The maximum atomic E-state index is 12.4. The summed E-state index contributed by atoms with van der Waals surface area (Å²) in [7, 11) is 0. The van der Waals surface area contributed by atoms with Crippen LogP contribution in [0.5, 0.6) is 0 Å². The van der Waals surface area contributed by atoms with E-state index in [1.54, 1.807) is 11.8 Å². The Kier molecular flexibility index (Phi) is 7.63. The van der Waals surface area contributed by atoms with Gasteiger partial charge in [0.25, 0.3) is 0 Å². The monoisotopic (exact) mass is 313 g/mol. The molecular formula is C17H35N3O2. The van der Waals surface area contributed by atoms with E-state index in [1.165, 1.54) is 6.42 Å². The van der Waals surface area contributed by atoms with Crippen molar-refractivity contribution in [3.05, 3.63) is 0 Å². The van der Waals surface area contributed by atoms with Gasteiger partial charge in [-0.25, -0.2) is 4.79 Å². The highest BCUT2D eigenvalue weighted by Gasteiger charge is 2.25. The maximum Gasteiger partial charge on any atom is 0.317 e. The molecule has 1 heterocycles.